The number of carboxylic acids is 1. The predicted molar refractivity (Wildman–Crippen MR) is 269 cm³/mol. The quantitative estimate of drug-likeness (QED) is 0.0479. The van der Waals surface area contributed by atoms with Crippen LogP contribution in [-0.2, 0) is 28.6 Å². The SMILES string of the molecule is Br.C.C1CCOC1.CC(=O)O.CC(=O)OCCCCBr.CC(=O)OCCCCNC(C)C.CC(C)N.CC(C)NCCCCO.I.II.I[I-]I. The molecule has 1 fully saturated rings. The van der Waals surface area contributed by atoms with E-state index in [2.05, 4.69) is 133 Å². The first-order chi connectivity index (χ1) is 22.5. The molecule has 0 aromatic rings. The molecule has 0 bridgehead atoms. The van der Waals surface area contributed by atoms with Crippen molar-refractivity contribution >= 4 is 149 Å². The molecular weight excluding hydrogens is 1480 g/mol. The van der Waals surface area contributed by atoms with E-state index in [1.54, 1.807) is 0 Å². The van der Waals surface area contributed by atoms with E-state index >= 15 is 0 Å². The molecule has 0 aromatic carbocycles. The number of hydrogen-bond donors (Lipinski definition) is 5. The molecule has 1 saturated heterocycles. The molecule has 0 aromatic heterocycles. The van der Waals surface area contributed by atoms with Crippen molar-refractivity contribution in [3.05, 3.63) is 0 Å². The van der Waals surface area contributed by atoms with Crippen molar-refractivity contribution in [2.45, 2.75) is 139 Å². The Morgan fingerprint density at radius 1 is 0.804 bits per heavy atom. The van der Waals surface area contributed by atoms with Crippen LogP contribution in [0.1, 0.15) is 121 Å². The van der Waals surface area contributed by atoms with Gasteiger partial charge in [-0.1, -0.05) is 64.9 Å². The van der Waals surface area contributed by atoms with Gasteiger partial charge in [-0.2, -0.15) is 0 Å². The van der Waals surface area contributed by atoms with Crippen LogP contribution in [0.5, 0.6) is 0 Å². The Labute approximate surface area is 402 Å². The number of hydrogen-bond acceptors (Lipinski definition) is 10. The fourth-order valence-electron chi connectivity index (χ4n) is 2.38. The number of carbonyl (C=O) groups excluding carboxylic acids is 2. The molecule has 11 nitrogen and oxygen atoms in total. The Morgan fingerprint density at radius 3 is 1.31 bits per heavy atom. The molecule has 0 radical (unpaired) electrons. The Bertz CT molecular complexity index is 597. The maximum atomic E-state index is 10.3. The summed E-state index contributed by atoms with van der Waals surface area (Å²) in [5.74, 6) is -1.21. The summed E-state index contributed by atoms with van der Waals surface area (Å²) >= 11 is 12.8. The number of carboxylic acid groups (broad SMARTS) is 1. The molecule has 1 heterocycles. The van der Waals surface area contributed by atoms with E-state index in [0.717, 1.165) is 77.1 Å². The average molecular weight is 1550 g/mol. The molecule has 1 aliphatic heterocycles. The minimum absolute atomic E-state index is 0. The number of esters is 2. The van der Waals surface area contributed by atoms with Gasteiger partial charge >= 0.3 is 62.4 Å². The van der Waals surface area contributed by atoms with Gasteiger partial charge in [-0.25, -0.2) is 0 Å². The number of aliphatic hydroxyl groups is 1. The number of alkyl halides is 1. The molecule has 0 aliphatic carbocycles. The minimum atomic E-state index is -0.833. The van der Waals surface area contributed by atoms with Crippen LogP contribution in [0.15, 0.2) is 0 Å². The van der Waals surface area contributed by atoms with E-state index in [-0.39, 0.29) is 60.3 Å². The third kappa shape index (κ3) is 163. The van der Waals surface area contributed by atoms with Crippen LogP contribution in [0.25, 0.3) is 0 Å². The molecule has 0 saturated carbocycles. The zero-order valence-electron chi connectivity index (χ0n) is 31.6. The summed E-state index contributed by atoms with van der Waals surface area (Å²) in [6.45, 7) is 21.8. The molecule has 322 valence electrons. The zero-order valence-corrected chi connectivity index (χ0v) is 48.0. The van der Waals surface area contributed by atoms with E-state index in [0.29, 0.717) is 51.2 Å². The van der Waals surface area contributed by atoms with Crippen molar-refractivity contribution in [2.75, 3.05) is 51.5 Å². The van der Waals surface area contributed by atoms with Crippen LogP contribution in [0.3, 0.4) is 0 Å². The van der Waals surface area contributed by atoms with Crippen molar-refractivity contribution in [3.63, 3.8) is 0 Å². The number of rotatable bonds is 15. The van der Waals surface area contributed by atoms with Crippen LogP contribution in [0.4, 0.5) is 0 Å². The van der Waals surface area contributed by atoms with Gasteiger partial charge < -0.3 is 40.8 Å². The molecule has 0 atom stereocenters. The van der Waals surface area contributed by atoms with Crippen molar-refractivity contribution in [1.29, 1.82) is 0 Å². The van der Waals surface area contributed by atoms with Gasteiger partial charge in [-0.15, -0.1) is 41.0 Å². The Morgan fingerprint density at radius 2 is 1.10 bits per heavy atom. The molecule has 0 unspecified atom stereocenters. The van der Waals surface area contributed by atoms with E-state index < -0.39 is 5.97 Å². The number of unbranched alkanes of at least 4 members (excludes halogenated alkanes) is 3. The standard InChI is InChI=1S/C9H19NO2.C7H17NO.C6H11BrO2.C4H8O.C3H9N.C2H4O2.CH4.BrH.I3.I2.HI/c1-8(2)10-6-4-5-7-12-9(3)11;1-7(2)8-5-3-4-6-9;1-6(8)9-5-3-2-4-7;1-2-4-5-3-1;1-3(2)4;1-2(3)4;;;1-3-2;1-2;/h8,10H,4-7H2,1-3H3;7-9H,3-6H2,1-2H3;2-5H2,1H3;1-4H2;3H,4H2,1-2H3;1H3,(H,3,4);1H4;1H;;;1H/q;;;;;;;;-1;;. The van der Waals surface area contributed by atoms with Crippen LogP contribution >= 0.6 is 131 Å². The first kappa shape index (κ1) is 78.8. The molecular formula is C32H74Br2I6N3O8-. The molecule has 19 heteroatoms. The molecule has 6 N–H and O–H groups in total. The van der Waals surface area contributed by atoms with Gasteiger partial charge in [0.15, 0.2) is 0 Å². The normalized spacial score (nSPS) is 10.0. The molecule has 51 heavy (non-hydrogen) atoms. The van der Waals surface area contributed by atoms with Gasteiger partial charge in [0.05, 0.1) is 13.2 Å². The number of nitrogens with one attached hydrogen (secondary N) is 2. The van der Waals surface area contributed by atoms with Gasteiger partial charge in [-0.05, 0) is 70.5 Å². The molecule has 0 spiro atoms. The zero-order chi connectivity index (χ0) is 39.0. The monoisotopic (exact) mass is 1550 g/mol. The second kappa shape index (κ2) is 78.0. The Hall–Kier alpha value is 3.55. The van der Waals surface area contributed by atoms with Gasteiger partial charge in [0.25, 0.3) is 5.97 Å². The topological polar surface area (TPSA) is 169 Å². The molecule has 1 rings (SSSR count). The Kier molecular flexibility index (Phi) is 120. The number of ether oxygens (including phenoxy) is 3. The van der Waals surface area contributed by atoms with E-state index in [1.807, 2.05) is 13.8 Å². The maximum absolute atomic E-state index is 10.3. The van der Waals surface area contributed by atoms with Crippen LogP contribution in [0.2, 0.25) is 0 Å². The summed E-state index contributed by atoms with van der Waals surface area (Å²) < 4.78 is 14.4. The third-order valence-electron chi connectivity index (χ3n) is 4.23. The number of carbonyl (C=O) groups is 3. The first-order valence-electron chi connectivity index (χ1n) is 16.0. The number of aliphatic hydroxyl groups excluding tert-OH is 1. The number of halogens is 8. The molecule has 1 aliphatic rings. The summed E-state index contributed by atoms with van der Waals surface area (Å²) in [6, 6.07) is 1.45. The average Bonchev–Trinajstić information content (AvgIpc) is 3.57. The van der Waals surface area contributed by atoms with Crippen molar-refractivity contribution in [2.24, 2.45) is 5.73 Å². The van der Waals surface area contributed by atoms with Crippen LogP contribution in [0, 0.1) is 0 Å². The van der Waals surface area contributed by atoms with E-state index in [9.17, 15) is 9.59 Å². The van der Waals surface area contributed by atoms with Gasteiger partial charge in [0.2, 0.25) is 0 Å². The number of aliphatic carboxylic acids is 1. The third-order valence-corrected chi connectivity index (χ3v) is 4.79. The fourth-order valence-corrected chi connectivity index (χ4v) is 2.78. The predicted octanol–water partition coefficient (Wildman–Crippen LogP) is 7.43. The summed E-state index contributed by atoms with van der Waals surface area (Å²) in [7, 11) is 0. The van der Waals surface area contributed by atoms with Gasteiger partial charge in [-0.3, -0.25) is 14.4 Å². The van der Waals surface area contributed by atoms with Crippen LogP contribution in [-0.4, -0.2) is 97.7 Å². The van der Waals surface area contributed by atoms with Crippen molar-refractivity contribution in [3.8, 4) is 0 Å². The first-order valence-corrected chi connectivity index (χ1v) is 36.0. The summed E-state index contributed by atoms with van der Waals surface area (Å²) in [5.41, 5.74) is 5.11. The molecule has 0 amide bonds. The Balaban J connectivity index is -0.0000000493. The number of nitrogens with two attached hydrogens (primary N) is 1. The van der Waals surface area contributed by atoms with E-state index in [1.165, 1.54) is 26.7 Å². The van der Waals surface area contributed by atoms with E-state index in [4.69, 9.17) is 30.2 Å². The van der Waals surface area contributed by atoms with Gasteiger partial charge in [0.1, 0.15) is 0 Å². The van der Waals surface area contributed by atoms with Crippen molar-refractivity contribution in [1.82, 2.24) is 10.6 Å². The van der Waals surface area contributed by atoms with Crippen LogP contribution < -0.4 is 29.6 Å². The summed E-state index contributed by atoms with van der Waals surface area (Å²) in [5, 5.41) is 23.4. The van der Waals surface area contributed by atoms with Gasteiger partial charge in [0, 0.05) is 95.2 Å². The second-order valence-corrected chi connectivity index (χ2v) is 27.6. The summed E-state index contributed by atoms with van der Waals surface area (Å²) in [6.07, 6.45) is 8.57. The van der Waals surface area contributed by atoms with Crippen molar-refractivity contribution < 1.29 is 52.1 Å². The second-order valence-electron chi connectivity index (χ2n) is 10.6. The summed E-state index contributed by atoms with van der Waals surface area (Å²) in [4.78, 5) is 29.5. The fraction of sp³-hybridized carbons (Fsp3) is 0.906.